The molecule has 0 bridgehead atoms. The van der Waals surface area contributed by atoms with Gasteiger partial charge in [0.1, 0.15) is 6.54 Å². The molecule has 0 unspecified atom stereocenters. The first-order valence-corrected chi connectivity index (χ1v) is 11.4. The van der Waals surface area contributed by atoms with Crippen LogP contribution in [0.4, 0.5) is 5.95 Å². The van der Waals surface area contributed by atoms with Crippen molar-refractivity contribution in [2.24, 2.45) is 0 Å². The van der Waals surface area contributed by atoms with Crippen LogP contribution in [0.5, 0.6) is 0 Å². The van der Waals surface area contributed by atoms with Crippen molar-refractivity contribution in [2.45, 2.75) is 13.8 Å². The normalized spacial score (nSPS) is 10.6. The summed E-state index contributed by atoms with van der Waals surface area (Å²) in [5.41, 5.74) is 5.28. The Balaban J connectivity index is 1.59. The van der Waals surface area contributed by atoms with E-state index >= 15 is 0 Å². The lowest BCUT2D eigenvalue weighted by atomic mass is 10.1. The number of anilines is 1. The van der Waals surface area contributed by atoms with Crippen molar-refractivity contribution in [2.75, 3.05) is 18.4 Å². The van der Waals surface area contributed by atoms with Crippen molar-refractivity contribution in [1.29, 1.82) is 0 Å². The van der Waals surface area contributed by atoms with Crippen LogP contribution in [0.1, 0.15) is 21.5 Å². The number of benzene rings is 3. The molecule has 0 saturated heterocycles. The molecule has 176 valence electrons. The van der Waals surface area contributed by atoms with Gasteiger partial charge in [-0.3, -0.25) is 19.5 Å². The third-order valence-electron chi connectivity index (χ3n) is 5.61. The molecule has 6 nitrogen and oxygen atoms in total. The van der Waals surface area contributed by atoms with E-state index in [0.717, 1.165) is 28.1 Å². The number of amides is 2. The molecule has 4 rings (SSSR count). The van der Waals surface area contributed by atoms with E-state index in [4.69, 9.17) is 4.98 Å². The van der Waals surface area contributed by atoms with Gasteiger partial charge < -0.3 is 4.90 Å². The van der Waals surface area contributed by atoms with Gasteiger partial charge in [-0.2, -0.15) is 0 Å². The first-order chi connectivity index (χ1) is 16.9. The number of aryl methyl sites for hydroxylation is 2. The molecule has 0 aliphatic rings. The van der Waals surface area contributed by atoms with Crippen LogP contribution < -0.4 is 5.32 Å². The molecule has 0 spiro atoms. The van der Waals surface area contributed by atoms with Gasteiger partial charge in [-0.15, -0.1) is 6.58 Å². The molecule has 2 amide bonds. The number of hydrogen-bond acceptors (Lipinski definition) is 3. The number of nitrogens with one attached hydrogen (secondary N) is 1. The molecule has 0 fully saturated rings. The van der Waals surface area contributed by atoms with E-state index < -0.39 is 0 Å². The van der Waals surface area contributed by atoms with Gasteiger partial charge in [0, 0.05) is 29.6 Å². The standard InChI is InChI=1S/C29H28N4O2/c1-4-18-32(28(35)24-14-10-21(2)11-15-24)20-27(34)31-29-30-26(23-8-6-5-7-9-23)19-33(29)25-16-12-22(3)13-17-25/h4-17,19H,1,18,20H2,2-3H3,(H,30,31,34). The van der Waals surface area contributed by atoms with Crippen LogP contribution >= 0.6 is 0 Å². The molecule has 4 aromatic rings. The summed E-state index contributed by atoms with van der Waals surface area (Å²) in [4.78, 5) is 32.3. The summed E-state index contributed by atoms with van der Waals surface area (Å²) in [7, 11) is 0. The summed E-state index contributed by atoms with van der Waals surface area (Å²) >= 11 is 0. The molecule has 0 saturated carbocycles. The predicted molar refractivity (Wildman–Crippen MR) is 140 cm³/mol. The average molecular weight is 465 g/mol. The van der Waals surface area contributed by atoms with Gasteiger partial charge in [0.05, 0.1) is 5.69 Å². The minimum absolute atomic E-state index is 0.125. The highest BCUT2D eigenvalue weighted by Crippen LogP contribution is 2.24. The Morgan fingerprint density at radius 3 is 2.20 bits per heavy atom. The van der Waals surface area contributed by atoms with E-state index in [2.05, 4.69) is 11.9 Å². The summed E-state index contributed by atoms with van der Waals surface area (Å²) in [5.74, 6) is -0.183. The molecule has 1 N–H and O–H groups in total. The Kier molecular flexibility index (Phi) is 7.21. The molecule has 0 radical (unpaired) electrons. The Hall–Kier alpha value is -4.45. The fourth-order valence-electron chi connectivity index (χ4n) is 3.71. The highest BCUT2D eigenvalue weighted by Gasteiger charge is 2.20. The summed E-state index contributed by atoms with van der Waals surface area (Å²) in [6.45, 7) is 7.85. The molecule has 0 aliphatic carbocycles. The highest BCUT2D eigenvalue weighted by atomic mass is 16.2. The fourth-order valence-corrected chi connectivity index (χ4v) is 3.71. The SMILES string of the molecule is C=CCN(CC(=O)Nc1nc(-c2ccccc2)cn1-c1ccc(C)cc1)C(=O)c1ccc(C)cc1. The van der Waals surface area contributed by atoms with E-state index in [0.29, 0.717) is 11.5 Å². The minimum Gasteiger partial charge on any atom is -0.326 e. The van der Waals surface area contributed by atoms with Crippen LogP contribution in [0.15, 0.2) is 97.7 Å². The molecular weight excluding hydrogens is 436 g/mol. The lowest BCUT2D eigenvalue weighted by Crippen LogP contribution is -2.38. The van der Waals surface area contributed by atoms with Crippen molar-refractivity contribution < 1.29 is 9.59 Å². The zero-order valence-electron chi connectivity index (χ0n) is 19.9. The van der Waals surface area contributed by atoms with Gasteiger partial charge in [0.2, 0.25) is 11.9 Å². The van der Waals surface area contributed by atoms with E-state index in [1.54, 1.807) is 18.2 Å². The summed E-state index contributed by atoms with van der Waals surface area (Å²) < 4.78 is 1.85. The van der Waals surface area contributed by atoms with E-state index in [1.807, 2.05) is 91.3 Å². The molecule has 6 heteroatoms. The molecule has 35 heavy (non-hydrogen) atoms. The largest absolute Gasteiger partial charge is 0.326 e. The van der Waals surface area contributed by atoms with Crippen LogP contribution in [0.2, 0.25) is 0 Å². The van der Waals surface area contributed by atoms with Gasteiger partial charge >= 0.3 is 0 Å². The van der Waals surface area contributed by atoms with Gasteiger partial charge in [-0.25, -0.2) is 4.98 Å². The van der Waals surface area contributed by atoms with E-state index in [-0.39, 0.29) is 24.9 Å². The monoisotopic (exact) mass is 464 g/mol. The summed E-state index contributed by atoms with van der Waals surface area (Å²) in [6, 6.07) is 25.0. The lowest BCUT2D eigenvalue weighted by molar-refractivity contribution is -0.116. The molecule has 1 aromatic heterocycles. The number of rotatable bonds is 8. The van der Waals surface area contributed by atoms with Crippen LogP contribution in [0.3, 0.4) is 0 Å². The third kappa shape index (κ3) is 5.73. The second kappa shape index (κ2) is 10.7. The van der Waals surface area contributed by atoms with Crippen molar-refractivity contribution in [3.8, 4) is 16.9 Å². The molecule has 0 aliphatic heterocycles. The summed E-state index contributed by atoms with van der Waals surface area (Å²) in [6.07, 6.45) is 3.51. The maximum atomic E-state index is 13.1. The van der Waals surface area contributed by atoms with Gasteiger partial charge in [0.25, 0.3) is 5.91 Å². The molecular formula is C29H28N4O2. The maximum Gasteiger partial charge on any atom is 0.254 e. The number of imidazole rings is 1. The van der Waals surface area contributed by atoms with E-state index in [1.165, 1.54) is 4.90 Å². The zero-order chi connectivity index (χ0) is 24.8. The quantitative estimate of drug-likeness (QED) is 0.354. The molecule has 3 aromatic carbocycles. The summed E-state index contributed by atoms with van der Waals surface area (Å²) in [5, 5.41) is 2.90. The maximum absolute atomic E-state index is 13.1. The van der Waals surface area contributed by atoms with Crippen LogP contribution in [0.25, 0.3) is 16.9 Å². The van der Waals surface area contributed by atoms with Crippen molar-refractivity contribution >= 4 is 17.8 Å². The molecule has 1 heterocycles. The fraction of sp³-hybridized carbons (Fsp3) is 0.138. The van der Waals surface area contributed by atoms with Crippen molar-refractivity contribution in [3.63, 3.8) is 0 Å². The Morgan fingerprint density at radius 1 is 0.943 bits per heavy atom. The van der Waals surface area contributed by atoms with Gasteiger partial charge in [-0.1, -0.05) is 71.8 Å². The van der Waals surface area contributed by atoms with Gasteiger partial charge in [-0.05, 0) is 38.1 Å². The number of carbonyl (C=O) groups is 2. The number of hydrogen-bond donors (Lipinski definition) is 1. The zero-order valence-corrected chi connectivity index (χ0v) is 19.9. The second-order valence-corrected chi connectivity index (χ2v) is 8.41. The molecule has 0 atom stereocenters. The number of carbonyl (C=O) groups excluding carboxylic acids is 2. The second-order valence-electron chi connectivity index (χ2n) is 8.41. The van der Waals surface area contributed by atoms with Crippen LogP contribution in [-0.2, 0) is 4.79 Å². The predicted octanol–water partition coefficient (Wildman–Crippen LogP) is 5.42. The average Bonchev–Trinajstić information content (AvgIpc) is 3.28. The first-order valence-electron chi connectivity index (χ1n) is 11.4. The smallest absolute Gasteiger partial charge is 0.254 e. The Morgan fingerprint density at radius 2 is 1.57 bits per heavy atom. The van der Waals surface area contributed by atoms with Crippen LogP contribution in [-0.4, -0.2) is 39.4 Å². The lowest BCUT2D eigenvalue weighted by Gasteiger charge is -2.21. The number of aromatic nitrogens is 2. The van der Waals surface area contributed by atoms with Gasteiger partial charge in [0.15, 0.2) is 0 Å². The third-order valence-corrected chi connectivity index (χ3v) is 5.61. The Bertz CT molecular complexity index is 1320. The van der Waals surface area contributed by atoms with E-state index in [9.17, 15) is 9.59 Å². The van der Waals surface area contributed by atoms with Crippen LogP contribution in [0, 0.1) is 13.8 Å². The highest BCUT2D eigenvalue weighted by molar-refractivity contribution is 5.99. The number of nitrogens with zero attached hydrogens (tertiary/aromatic N) is 3. The Labute approximate surface area is 205 Å². The van der Waals surface area contributed by atoms with Crippen molar-refractivity contribution in [3.05, 3.63) is 114 Å². The van der Waals surface area contributed by atoms with Crippen molar-refractivity contribution in [1.82, 2.24) is 14.5 Å². The topological polar surface area (TPSA) is 67.2 Å². The minimum atomic E-state index is -0.342. The first kappa shape index (κ1) is 23.7.